The summed E-state index contributed by atoms with van der Waals surface area (Å²) in [4.78, 5) is 40.2. The summed E-state index contributed by atoms with van der Waals surface area (Å²) in [6.07, 6.45) is 22.2. The molecule has 4 fully saturated rings. The molecule has 10 nitrogen and oxygen atoms in total. The van der Waals surface area contributed by atoms with E-state index in [0.29, 0.717) is 28.8 Å². The first kappa shape index (κ1) is 81.3. The maximum Gasteiger partial charge on any atom is 1.00 e. The van der Waals surface area contributed by atoms with E-state index in [-0.39, 0.29) is 94.5 Å². The van der Waals surface area contributed by atoms with Crippen LogP contribution in [0.1, 0.15) is 241 Å². The van der Waals surface area contributed by atoms with Crippen molar-refractivity contribution in [1.82, 2.24) is 9.80 Å². The van der Waals surface area contributed by atoms with Crippen molar-refractivity contribution in [2.75, 3.05) is 66.9 Å². The third-order valence-electron chi connectivity index (χ3n) is 16.2. The molecule has 3 atom stereocenters. The maximum atomic E-state index is 12.4. The van der Waals surface area contributed by atoms with Crippen molar-refractivity contribution < 1.29 is 86.1 Å². The van der Waals surface area contributed by atoms with E-state index in [0.717, 1.165) is 43.4 Å². The Hall–Kier alpha value is -1.68. The van der Waals surface area contributed by atoms with Crippen molar-refractivity contribution in [3.8, 4) is 0 Å². The van der Waals surface area contributed by atoms with Crippen LogP contribution in [0.5, 0.6) is 0 Å². The molecular weight excluding hydrogens is 1200 g/mol. The number of ether oxygens (including phenoxy) is 3. The van der Waals surface area contributed by atoms with E-state index in [2.05, 4.69) is 116 Å². The SMILES string of the molecule is C1CCOC1.CBr.CC(C)(C)c1ccc(C(=O)Cl)cc1.C[C@@H](CN(C)C1CCCCC1)OC(=O)c1ccc(C(C)(C)C)cc1.C[C@@H](C[N+](C)(C)C1CCCCC1)OC(=O)c1ccc(C(C)(C)C)cc1.C[C@H](O)CN(C)C1CCCCC1.[Br-].[H-].[Na+]. The summed E-state index contributed by atoms with van der Waals surface area (Å²) in [5.41, 5.74) is 5.79. The first-order valence-electron chi connectivity index (χ1n) is 30.8. The number of esters is 2. The zero-order valence-electron chi connectivity index (χ0n) is 56.3. The molecule has 1 heterocycles. The second-order valence-electron chi connectivity index (χ2n) is 27.1. The molecule has 1 aliphatic heterocycles. The predicted molar refractivity (Wildman–Crippen MR) is 346 cm³/mol. The molecule has 3 aliphatic carbocycles. The fourth-order valence-electron chi connectivity index (χ4n) is 11.2. The molecule has 3 saturated carbocycles. The molecule has 1 saturated heterocycles. The summed E-state index contributed by atoms with van der Waals surface area (Å²) in [7, 11) is 8.83. The maximum absolute atomic E-state index is 12.4. The minimum absolute atomic E-state index is 0. The normalized spacial score (nSPS) is 17.2. The molecule has 0 amide bonds. The van der Waals surface area contributed by atoms with E-state index in [1.165, 1.54) is 126 Å². The largest absolute Gasteiger partial charge is 1.00 e. The Bertz CT molecular complexity index is 2190. The van der Waals surface area contributed by atoms with Gasteiger partial charge < -0.3 is 47.1 Å². The molecule has 7 rings (SSSR count). The Morgan fingerprint density at radius 3 is 1.18 bits per heavy atom. The fraction of sp³-hybridized carbons (Fsp3) is 0.696. The number of aliphatic hydroxyl groups excluding tert-OH is 1. The molecular formula is C69H115Br2ClN3NaO7. The van der Waals surface area contributed by atoms with Gasteiger partial charge in [0, 0.05) is 44.0 Å². The van der Waals surface area contributed by atoms with Gasteiger partial charge in [0.2, 0.25) is 0 Å². The minimum atomic E-state index is -0.402. The van der Waals surface area contributed by atoms with Crippen molar-refractivity contribution in [3.05, 3.63) is 106 Å². The number of carbonyl (C=O) groups is 3. The Kier molecular flexibility index (Phi) is 40.7. The van der Waals surface area contributed by atoms with E-state index in [1.54, 1.807) is 12.1 Å². The van der Waals surface area contributed by atoms with Crippen LogP contribution in [0.2, 0.25) is 0 Å². The quantitative estimate of drug-likeness (QED) is 0.0555. The summed E-state index contributed by atoms with van der Waals surface area (Å²) in [6, 6.07) is 25.1. The molecule has 1 N–H and O–H groups in total. The van der Waals surface area contributed by atoms with Gasteiger partial charge in [0.1, 0.15) is 18.8 Å². The summed E-state index contributed by atoms with van der Waals surface area (Å²) in [6.45, 7) is 29.8. The first-order chi connectivity index (χ1) is 38.0. The van der Waals surface area contributed by atoms with Crippen LogP contribution in [-0.4, -0.2) is 140 Å². The van der Waals surface area contributed by atoms with Crippen LogP contribution < -0.4 is 46.5 Å². The summed E-state index contributed by atoms with van der Waals surface area (Å²) >= 11 is 8.27. The van der Waals surface area contributed by atoms with Crippen molar-refractivity contribution in [1.29, 1.82) is 0 Å². The molecule has 0 spiro atoms. The number of rotatable bonds is 14. The molecule has 14 heteroatoms. The van der Waals surface area contributed by atoms with E-state index in [1.807, 2.05) is 87.3 Å². The number of nitrogens with zero attached hydrogens (tertiary/aromatic N) is 3. The number of carbonyl (C=O) groups excluding carboxylic acids is 3. The zero-order chi connectivity index (χ0) is 61.0. The van der Waals surface area contributed by atoms with Crippen LogP contribution in [0.15, 0.2) is 72.8 Å². The van der Waals surface area contributed by atoms with Gasteiger partial charge in [-0.1, -0.05) is 160 Å². The standard InChI is InChI=1S/C22H36NO2.C21H33NO2.C11H13ClO.C10H21NO.C4H8O.CH3Br.BrH.Na.H/c1-17(16-23(5,6)20-10-8-7-9-11-20)25-21(24)18-12-14-19(15-13-18)22(2,3)4;1-16(15-22(5)19-9-7-6-8-10-19)24-20(23)17-11-13-18(14-12-17)21(2,3)4;1-11(2,3)9-6-4-8(5-7-9)10(12)13;1-9(12)8-11(2)10-6-4-3-5-7-10;1-2-4-5-3-1;1-2;;;/h12-15,17,20H,7-11,16H2,1-6H3;11-14,16,19H,6-10,15H2,1-5H3;4-7H,1-3H3;9-10,12H,3-8H2,1-2H3;1-4H2;1H3;1H;;/q+1;;;;;;;+1;-1/p-1/t17-;16-;;9-;;;;;/m00.0...../s1. The molecule has 3 aromatic rings. The van der Waals surface area contributed by atoms with Gasteiger partial charge in [0.05, 0.1) is 37.4 Å². The van der Waals surface area contributed by atoms with Crippen LogP contribution >= 0.6 is 27.5 Å². The van der Waals surface area contributed by atoms with Gasteiger partial charge in [-0.2, -0.15) is 0 Å². The van der Waals surface area contributed by atoms with Crippen molar-refractivity contribution in [2.24, 2.45) is 0 Å². The molecule has 470 valence electrons. The molecule has 3 aromatic carbocycles. The second kappa shape index (κ2) is 41.5. The van der Waals surface area contributed by atoms with Gasteiger partial charge in [0.25, 0.3) is 5.24 Å². The molecule has 0 aromatic heterocycles. The van der Waals surface area contributed by atoms with Gasteiger partial charge >= 0.3 is 41.5 Å². The number of alkyl halides is 1. The number of aliphatic hydroxyl groups is 1. The third-order valence-corrected chi connectivity index (χ3v) is 16.4. The average Bonchev–Trinajstić information content (AvgIpc) is 4.18. The Morgan fingerprint density at radius 2 is 0.880 bits per heavy atom. The minimum Gasteiger partial charge on any atom is -1.00 e. The smallest absolute Gasteiger partial charge is 1.00 e. The number of quaternary nitrogens is 1. The molecule has 83 heavy (non-hydrogen) atoms. The predicted octanol–water partition coefficient (Wildman–Crippen LogP) is 10.7. The van der Waals surface area contributed by atoms with Gasteiger partial charge in [0.15, 0.2) is 0 Å². The Morgan fingerprint density at radius 1 is 0.566 bits per heavy atom. The third kappa shape index (κ3) is 32.9. The molecule has 0 bridgehead atoms. The van der Waals surface area contributed by atoms with Crippen LogP contribution in [0.4, 0.5) is 0 Å². The van der Waals surface area contributed by atoms with Gasteiger partial charge in [-0.25, -0.2) is 9.59 Å². The van der Waals surface area contributed by atoms with Crippen LogP contribution in [-0.2, 0) is 30.5 Å². The number of halogens is 3. The monoisotopic (exact) mass is 1310 g/mol. The summed E-state index contributed by atoms with van der Waals surface area (Å²) in [5, 5.41) is 8.81. The van der Waals surface area contributed by atoms with E-state index >= 15 is 0 Å². The van der Waals surface area contributed by atoms with Gasteiger partial charge in [-0.05, 0) is 186 Å². The van der Waals surface area contributed by atoms with E-state index in [4.69, 9.17) is 25.8 Å². The average molecular weight is 1320 g/mol. The molecule has 0 unspecified atom stereocenters. The summed E-state index contributed by atoms with van der Waals surface area (Å²) < 4.78 is 17.3. The summed E-state index contributed by atoms with van der Waals surface area (Å²) in [5.74, 6) is 1.38. The van der Waals surface area contributed by atoms with Crippen LogP contribution in [0.25, 0.3) is 0 Å². The van der Waals surface area contributed by atoms with Crippen molar-refractivity contribution >= 4 is 44.7 Å². The van der Waals surface area contributed by atoms with E-state index in [9.17, 15) is 19.5 Å². The number of hydrogen-bond acceptors (Lipinski definition) is 9. The van der Waals surface area contributed by atoms with E-state index < -0.39 is 5.24 Å². The first-order valence-corrected chi connectivity index (χ1v) is 32.7. The second-order valence-corrected chi connectivity index (χ2v) is 27.4. The Labute approximate surface area is 554 Å². The van der Waals surface area contributed by atoms with Crippen molar-refractivity contribution in [3.63, 3.8) is 0 Å². The van der Waals surface area contributed by atoms with Crippen LogP contribution in [0, 0.1) is 0 Å². The zero-order valence-corrected chi connectivity index (χ0v) is 61.2. The fourth-order valence-corrected chi connectivity index (χ4v) is 11.3. The molecule has 0 radical (unpaired) electrons. The topological polar surface area (TPSA) is 106 Å². The van der Waals surface area contributed by atoms with Crippen molar-refractivity contribution in [2.45, 2.75) is 245 Å². The van der Waals surface area contributed by atoms with Gasteiger partial charge in [-0.3, -0.25) is 9.69 Å². The molecule has 4 aliphatic rings. The van der Waals surface area contributed by atoms with Crippen LogP contribution in [0.3, 0.4) is 0 Å². The number of likely N-dealkylation sites (N-methyl/N-ethyl adjacent to an activating group) is 3. The Balaban J connectivity index is 0. The van der Waals surface area contributed by atoms with Gasteiger partial charge in [-0.15, -0.1) is 0 Å². The number of hydrogen-bond donors (Lipinski definition) is 1. The number of benzene rings is 3.